The van der Waals surface area contributed by atoms with Gasteiger partial charge in [0.15, 0.2) is 11.0 Å². The first-order valence-electron chi connectivity index (χ1n) is 8.78. The number of nitrogens with one attached hydrogen (secondary N) is 1. The van der Waals surface area contributed by atoms with E-state index in [0.717, 1.165) is 17.7 Å². The van der Waals surface area contributed by atoms with E-state index in [0.29, 0.717) is 23.3 Å². The van der Waals surface area contributed by atoms with Crippen molar-refractivity contribution in [3.63, 3.8) is 0 Å². The number of rotatable bonds is 8. The largest absolute Gasteiger partial charge is 0.495 e. The third kappa shape index (κ3) is 4.49. The Hall–Kier alpha value is -2.80. The topological polar surface area (TPSA) is 69.0 Å². The van der Waals surface area contributed by atoms with Crippen molar-refractivity contribution >= 4 is 17.7 Å². The Bertz CT molecular complexity index is 896. The Balaban J connectivity index is 1.99. The molecule has 1 N–H and O–H groups in total. The van der Waals surface area contributed by atoms with Gasteiger partial charge in [-0.15, -0.1) is 10.2 Å². The molecule has 0 aliphatic carbocycles. The Morgan fingerprint density at radius 3 is 2.59 bits per heavy atom. The van der Waals surface area contributed by atoms with Gasteiger partial charge in [0, 0.05) is 12.1 Å². The number of ether oxygens (including phenoxy) is 1. The van der Waals surface area contributed by atoms with Crippen LogP contribution in [0.1, 0.15) is 13.3 Å². The number of aromatic nitrogens is 3. The van der Waals surface area contributed by atoms with Gasteiger partial charge in [-0.25, -0.2) is 0 Å². The van der Waals surface area contributed by atoms with Crippen molar-refractivity contribution in [1.29, 1.82) is 0 Å². The summed E-state index contributed by atoms with van der Waals surface area (Å²) in [5.74, 6) is 1.68. The summed E-state index contributed by atoms with van der Waals surface area (Å²) in [5.41, 5.74) is 1.78. The fourth-order valence-electron chi connectivity index (χ4n) is 2.61. The number of para-hydroxylation sites is 2. The maximum Gasteiger partial charge on any atom is 0.230 e. The van der Waals surface area contributed by atoms with Crippen LogP contribution >= 0.6 is 11.8 Å². The zero-order valence-electron chi connectivity index (χ0n) is 15.4. The first kappa shape index (κ1) is 19.0. The summed E-state index contributed by atoms with van der Waals surface area (Å²) in [6.45, 7) is 2.70. The number of hydrogen-bond donors (Lipinski definition) is 1. The Kier molecular flexibility index (Phi) is 6.49. The van der Waals surface area contributed by atoms with Crippen molar-refractivity contribution in [3.8, 4) is 22.8 Å². The summed E-state index contributed by atoms with van der Waals surface area (Å²) in [6, 6.07) is 17.6. The van der Waals surface area contributed by atoms with Crippen molar-refractivity contribution < 1.29 is 9.53 Å². The molecule has 1 aromatic heterocycles. The molecular weight excluding hydrogens is 360 g/mol. The van der Waals surface area contributed by atoms with Gasteiger partial charge in [-0.1, -0.05) is 61.2 Å². The molecule has 3 rings (SSSR count). The minimum absolute atomic E-state index is 0.0160. The minimum atomic E-state index is -0.0160. The molecule has 0 saturated heterocycles. The van der Waals surface area contributed by atoms with Crippen LogP contribution < -0.4 is 10.1 Å². The van der Waals surface area contributed by atoms with Crippen LogP contribution in [0.3, 0.4) is 0 Å². The average molecular weight is 382 g/mol. The number of carbonyl (C=O) groups is 1. The smallest absolute Gasteiger partial charge is 0.230 e. The molecule has 1 amide bonds. The third-order valence-corrected chi connectivity index (χ3v) is 4.82. The van der Waals surface area contributed by atoms with Crippen LogP contribution in [0.2, 0.25) is 0 Å². The molecule has 7 heteroatoms. The van der Waals surface area contributed by atoms with Crippen molar-refractivity contribution in [2.45, 2.75) is 18.5 Å². The Morgan fingerprint density at radius 1 is 1.11 bits per heavy atom. The molecule has 1 heterocycles. The second-order valence-corrected chi connectivity index (χ2v) is 6.76. The van der Waals surface area contributed by atoms with E-state index in [2.05, 4.69) is 15.5 Å². The number of methoxy groups -OCH3 is 1. The molecule has 140 valence electrons. The Morgan fingerprint density at radius 2 is 1.85 bits per heavy atom. The monoisotopic (exact) mass is 382 g/mol. The molecule has 0 radical (unpaired) electrons. The van der Waals surface area contributed by atoms with Gasteiger partial charge >= 0.3 is 0 Å². The van der Waals surface area contributed by atoms with Crippen LogP contribution in [0, 0.1) is 0 Å². The maximum absolute atomic E-state index is 12.0. The molecule has 0 aliphatic rings. The van der Waals surface area contributed by atoms with Crippen LogP contribution in [0.5, 0.6) is 5.75 Å². The predicted molar refractivity (Wildman–Crippen MR) is 107 cm³/mol. The lowest BCUT2D eigenvalue weighted by molar-refractivity contribution is -0.118. The summed E-state index contributed by atoms with van der Waals surface area (Å²) in [7, 11) is 1.64. The van der Waals surface area contributed by atoms with E-state index in [4.69, 9.17) is 4.74 Å². The quantitative estimate of drug-likeness (QED) is 0.603. The second kappa shape index (κ2) is 9.23. The highest BCUT2D eigenvalue weighted by Gasteiger charge is 2.19. The Labute approximate surface area is 163 Å². The molecule has 0 spiro atoms. The van der Waals surface area contributed by atoms with Crippen LogP contribution in [-0.2, 0) is 4.79 Å². The van der Waals surface area contributed by atoms with Crippen molar-refractivity contribution in [2.24, 2.45) is 0 Å². The number of benzene rings is 2. The highest BCUT2D eigenvalue weighted by molar-refractivity contribution is 7.99. The lowest BCUT2D eigenvalue weighted by atomic mass is 10.2. The van der Waals surface area contributed by atoms with E-state index in [9.17, 15) is 4.79 Å². The molecule has 0 aliphatic heterocycles. The molecule has 0 saturated carbocycles. The molecule has 3 aromatic rings. The first-order valence-corrected chi connectivity index (χ1v) is 9.77. The summed E-state index contributed by atoms with van der Waals surface area (Å²) >= 11 is 1.36. The van der Waals surface area contributed by atoms with Crippen molar-refractivity contribution in [2.75, 3.05) is 19.4 Å². The SMILES string of the molecule is CCCNC(=O)CSc1nnc(-c2ccccc2)n1-c1ccccc1OC. The van der Waals surface area contributed by atoms with Crippen LogP contribution in [0.4, 0.5) is 0 Å². The molecule has 6 nitrogen and oxygen atoms in total. The second-order valence-electron chi connectivity index (χ2n) is 5.82. The normalized spacial score (nSPS) is 10.6. The molecule has 0 fully saturated rings. The van der Waals surface area contributed by atoms with E-state index >= 15 is 0 Å². The van der Waals surface area contributed by atoms with Crippen molar-refractivity contribution in [1.82, 2.24) is 20.1 Å². The first-order chi connectivity index (χ1) is 13.2. The predicted octanol–water partition coefficient (Wildman–Crippen LogP) is 3.56. The summed E-state index contributed by atoms with van der Waals surface area (Å²) in [5, 5.41) is 12.2. The highest BCUT2D eigenvalue weighted by atomic mass is 32.2. The van der Waals surface area contributed by atoms with Gasteiger partial charge in [-0.3, -0.25) is 9.36 Å². The zero-order chi connectivity index (χ0) is 19.1. The van der Waals surface area contributed by atoms with Gasteiger partial charge in [0.1, 0.15) is 5.75 Å². The van der Waals surface area contributed by atoms with E-state index in [1.165, 1.54) is 11.8 Å². The van der Waals surface area contributed by atoms with Gasteiger partial charge in [0.25, 0.3) is 0 Å². The standard InChI is InChI=1S/C20H22N4O2S/c1-3-13-21-18(25)14-27-20-23-22-19(15-9-5-4-6-10-15)24(20)16-11-7-8-12-17(16)26-2/h4-12H,3,13-14H2,1-2H3,(H,21,25). The number of thioether (sulfide) groups is 1. The average Bonchev–Trinajstić information content (AvgIpc) is 3.15. The van der Waals surface area contributed by atoms with Gasteiger partial charge in [-0.2, -0.15) is 0 Å². The van der Waals surface area contributed by atoms with E-state index in [1.54, 1.807) is 7.11 Å². The van der Waals surface area contributed by atoms with E-state index < -0.39 is 0 Å². The number of hydrogen-bond acceptors (Lipinski definition) is 5. The molecule has 2 aromatic carbocycles. The fraction of sp³-hybridized carbons (Fsp3) is 0.250. The van der Waals surface area contributed by atoms with Gasteiger partial charge < -0.3 is 10.1 Å². The molecule has 27 heavy (non-hydrogen) atoms. The highest BCUT2D eigenvalue weighted by Crippen LogP contribution is 2.32. The maximum atomic E-state index is 12.0. The number of amides is 1. The fourth-order valence-corrected chi connectivity index (χ4v) is 3.39. The number of nitrogens with zero attached hydrogens (tertiary/aromatic N) is 3. The lowest BCUT2D eigenvalue weighted by Crippen LogP contribution is -2.25. The minimum Gasteiger partial charge on any atom is -0.495 e. The molecular formula is C20H22N4O2S. The number of carbonyl (C=O) groups excluding carboxylic acids is 1. The van der Waals surface area contributed by atoms with Gasteiger partial charge in [0.05, 0.1) is 18.6 Å². The van der Waals surface area contributed by atoms with Crippen LogP contribution in [-0.4, -0.2) is 40.1 Å². The van der Waals surface area contributed by atoms with Gasteiger partial charge in [-0.05, 0) is 18.6 Å². The van der Waals surface area contributed by atoms with Crippen LogP contribution in [0.25, 0.3) is 17.1 Å². The molecule has 0 bridgehead atoms. The summed E-state index contributed by atoms with van der Waals surface area (Å²) in [6.07, 6.45) is 0.909. The zero-order valence-corrected chi connectivity index (χ0v) is 16.2. The molecule has 0 unspecified atom stereocenters. The molecule has 0 atom stereocenters. The van der Waals surface area contributed by atoms with E-state index in [1.807, 2.05) is 66.1 Å². The van der Waals surface area contributed by atoms with E-state index in [-0.39, 0.29) is 11.7 Å². The van der Waals surface area contributed by atoms with Crippen LogP contribution in [0.15, 0.2) is 59.8 Å². The summed E-state index contributed by atoms with van der Waals surface area (Å²) < 4.78 is 7.47. The summed E-state index contributed by atoms with van der Waals surface area (Å²) in [4.78, 5) is 12.0. The third-order valence-electron chi connectivity index (χ3n) is 3.90. The van der Waals surface area contributed by atoms with Gasteiger partial charge in [0.2, 0.25) is 5.91 Å². The van der Waals surface area contributed by atoms with Crippen molar-refractivity contribution in [3.05, 3.63) is 54.6 Å². The lowest BCUT2D eigenvalue weighted by Gasteiger charge is -2.13.